The van der Waals surface area contributed by atoms with Gasteiger partial charge in [-0.25, -0.2) is 8.78 Å². The van der Waals surface area contributed by atoms with Gasteiger partial charge in [0.2, 0.25) is 0 Å². The van der Waals surface area contributed by atoms with E-state index in [-0.39, 0.29) is 18.0 Å². The molecule has 2 aromatic rings. The third kappa shape index (κ3) is 2.83. The van der Waals surface area contributed by atoms with E-state index in [9.17, 15) is 8.78 Å². The number of hydrazine groups is 1. The summed E-state index contributed by atoms with van der Waals surface area (Å²) in [4.78, 5) is 0. The summed E-state index contributed by atoms with van der Waals surface area (Å²) in [6, 6.07) is 3.72. The average molecular weight is 331 g/mol. The van der Waals surface area contributed by atoms with Crippen molar-refractivity contribution in [3.63, 3.8) is 0 Å². The van der Waals surface area contributed by atoms with Crippen molar-refractivity contribution in [2.75, 3.05) is 0 Å². The minimum Gasteiger partial charge on any atom is -0.271 e. The largest absolute Gasteiger partial charge is 0.271 e. The van der Waals surface area contributed by atoms with Crippen LogP contribution in [0.5, 0.6) is 0 Å². The number of benzene rings is 1. The smallest absolute Gasteiger partial charge is 0.162 e. The van der Waals surface area contributed by atoms with Crippen molar-refractivity contribution >= 4 is 15.9 Å². The lowest BCUT2D eigenvalue weighted by Crippen LogP contribution is -2.31. The molecule has 0 aliphatic carbocycles. The number of halogens is 3. The molecule has 0 bridgehead atoms. The molecule has 2 rings (SSSR count). The van der Waals surface area contributed by atoms with Crippen molar-refractivity contribution in [2.45, 2.75) is 12.5 Å². The van der Waals surface area contributed by atoms with E-state index in [4.69, 9.17) is 5.84 Å². The molecular weight excluding hydrogens is 318 g/mol. The zero-order chi connectivity index (χ0) is 14.0. The molecule has 0 saturated heterocycles. The predicted octanol–water partition coefficient (Wildman–Crippen LogP) is 2.21. The maximum atomic E-state index is 13.7. The summed E-state index contributed by atoms with van der Waals surface area (Å²) in [6.07, 6.45) is 1.85. The maximum absolute atomic E-state index is 13.7. The van der Waals surface area contributed by atoms with Crippen LogP contribution in [0, 0.1) is 11.6 Å². The van der Waals surface area contributed by atoms with E-state index in [0.29, 0.717) is 0 Å². The van der Waals surface area contributed by atoms with Crippen LogP contribution >= 0.6 is 15.9 Å². The molecule has 1 aromatic heterocycles. The van der Waals surface area contributed by atoms with Gasteiger partial charge in [0.1, 0.15) is 0 Å². The second-order valence-corrected chi connectivity index (χ2v) is 4.99. The minimum atomic E-state index is -0.864. The van der Waals surface area contributed by atoms with Crippen molar-refractivity contribution in [2.24, 2.45) is 12.9 Å². The van der Waals surface area contributed by atoms with E-state index < -0.39 is 11.6 Å². The number of hydrogen-bond donors (Lipinski definition) is 2. The number of nitrogens with one attached hydrogen (secondary N) is 1. The van der Waals surface area contributed by atoms with Gasteiger partial charge >= 0.3 is 0 Å². The third-order valence-corrected chi connectivity index (χ3v) is 3.54. The topological polar surface area (TPSA) is 55.9 Å². The number of nitrogens with zero attached hydrogens (tertiary/aromatic N) is 2. The first kappa shape index (κ1) is 14.1. The molecule has 0 amide bonds. The molecule has 1 atom stereocenters. The molecule has 0 spiro atoms. The number of nitrogens with two attached hydrogens (primary N) is 1. The Kier molecular flexibility index (Phi) is 4.28. The van der Waals surface area contributed by atoms with Gasteiger partial charge in [0.25, 0.3) is 0 Å². The quantitative estimate of drug-likeness (QED) is 0.667. The Hall–Kier alpha value is -1.31. The van der Waals surface area contributed by atoms with Gasteiger partial charge in [0.15, 0.2) is 11.6 Å². The van der Waals surface area contributed by atoms with E-state index in [1.54, 1.807) is 17.9 Å². The van der Waals surface area contributed by atoms with Crippen molar-refractivity contribution in [1.29, 1.82) is 0 Å². The average Bonchev–Trinajstić information content (AvgIpc) is 2.72. The van der Waals surface area contributed by atoms with Gasteiger partial charge in [-0.3, -0.25) is 16.0 Å². The highest BCUT2D eigenvalue weighted by atomic mass is 79.9. The predicted molar refractivity (Wildman–Crippen MR) is 71.0 cm³/mol. The van der Waals surface area contributed by atoms with E-state index in [1.807, 2.05) is 0 Å². The van der Waals surface area contributed by atoms with Crippen LogP contribution in [0.25, 0.3) is 0 Å². The molecule has 0 fully saturated rings. The SMILES string of the molecule is Cn1ncc(Br)c1C(Cc1cccc(F)c1F)NN. The molecule has 1 aromatic carbocycles. The first-order chi connectivity index (χ1) is 9.04. The van der Waals surface area contributed by atoms with E-state index in [2.05, 4.69) is 26.5 Å². The Morgan fingerprint density at radius 3 is 2.79 bits per heavy atom. The summed E-state index contributed by atoms with van der Waals surface area (Å²) in [7, 11) is 1.76. The van der Waals surface area contributed by atoms with Gasteiger partial charge in [-0.05, 0) is 34.0 Å². The van der Waals surface area contributed by atoms with Crippen LogP contribution < -0.4 is 11.3 Å². The van der Waals surface area contributed by atoms with Crippen LogP contribution in [0.1, 0.15) is 17.3 Å². The first-order valence-electron chi connectivity index (χ1n) is 5.61. The molecule has 0 aliphatic rings. The van der Waals surface area contributed by atoms with Gasteiger partial charge in [0.05, 0.1) is 22.4 Å². The van der Waals surface area contributed by atoms with Crippen molar-refractivity contribution in [3.05, 3.63) is 51.8 Å². The molecule has 0 radical (unpaired) electrons. The monoisotopic (exact) mass is 330 g/mol. The number of hydrogen-bond acceptors (Lipinski definition) is 3. The van der Waals surface area contributed by atoms with Crippen LogP contribution in [0.15, 0.2) is 28.9 Å². The van der Waals surface area contributed by atoms with Crippen molar-refractivity contribution < 1.29 is 8.78 Å². The van der Waals surface area contributed by atoms with Gasteiger partial charge in [0, 0.05) is 7.05 Å². The Labute approximate surface area is 117 Å². The van der Waals surface area contributed by atoms with E-state index in [0.717, 1.165) is 16.2 Å². The first-order valence-corrected chi connectivity index (χ1v) is 6.40. The molecule has 102 valence electrons. The van der Waals surface area contributed by atoms with Crippen LogP contribution in [-0.2, 0) is 13.5 Å². The normalized spacial score (nSPS) is 12.7. The third-order valence-electron chi connectivity index (χ3n) is 2.92. The zero-order valence-corrected chi connectivity index (χ0v) is 11.8. The zero-order valence-electron chi connectivity index (χ0n) is 10.2. The second kappa shape index (κ2) is 5.77. The fourth-order valence-electron chi connectivity index (χ4n) is 1.97. The number of aromatic nitrogens is 2. The molecule has 4 nitrogen and oxygen atoms in total. The standard InChI is InChI=1S/C12H13BrF2N4/c1-19-12(8(13)6-17-19)10(18-16)5-7-3-2-4-9(14)11(7)15/h2-4,6,10,18H,5,16H2,1H3. The maximum Gasteiger partial charge on any atom is 0.162 e. The lowest BCUT2D eigenvalue weighted by atomic mass is 10.0. The number of rotatable bonds is 4. The van der Waals surface area contributed by atoms with Gasteiger partial charge < -0.3 is 0 Å². The highest BCUT2D eigenvalue weighted by Crippen LogP contribution is 2.26. The van der Waals surface area contributed by atoms with Gasteiger partial charge in [-0.1, -0.05) is 12.1 Å². The van der Waals surface area contributed by atoms with Crippen LogP contribution in [0.2, 0.25) is 0 Å². The molecular formula is C12H13BrF2N4. The Morgan fingerprint density at radius 1 is 1.47 bits per heavy atom. The Balaban J connectivity index is 2.32. The minimum absolute atomic E-state index is 0.220. The molecule has 1 heterocycles. The van der Waals surface area contributed by atoms with E-state index >= 15 is 0 Å². The summed E-state index contributed by atoms with van der Waals surface area (Å²) in [6.45, 7) is 0. The Morgan fingerprint density at radius 2 is 2.21 bits per heavy atom. The fraction of sp³-hybridized carbons (Fsp3) is 0.250. The summed E-state index contributed by atoms with van der Waals surface area (Å²) in [5, 5.41) is 4.07. The highest BCUT2D eigenvalue weighted by Gasteiger charge is 2.20. The molecule has 7 heteroatoms. The highest BCUT2D eigenvalue weighted by molar-refractivity contribution is 9.10. The lowest BCUT2D eigenvalue weighted by molar-refractivity contribution is 0.469. The van der Waals surface area contributed by atoms with Crippen LogP contribution in [0.3, 0.4) is 0 Å². The van der Waals surface area contributed by atoms with E-state index in [1.165, 1.54) is 12.1 Å². The lowest BCUT2D eigenvalue weighted by Gasteiger charge is -2.17. The van der Waals surface area contributed by atoms with Gasteiger partial charge in [-0.15, -0.1) is 0 Å². The van der Waals surface area contributed by atoms with Crippen LogP contribution in [0.4, 0.5) is 8.78 Å². The second-order valence-electron chi connectivity index (χ2n) is 4.14. The summed E-state index contributed by atoms with van der Waals surface area (Å²) in [5.74, 6) is 3.80. The van der Waals surface area contributed by atoms with Gasteiger partial charge in [-0.2, -0.15) is 5.10 Å². The Bertz CT molecular complexity index is 566. The summed E-state index contributed by atoms with van der Waals surface area (Å²) < 4.78 is 29.2. The molecule has 1 unspecified atom stereocenters. The summed E-state index contributed by atoms with van der Waals surface area (Å²) >= 11 is 3.36. The summed E-state index contributed by atoms with van der Waals surface area (Å²) in [5.41, 5.74) is 3.63. The molecule has 19 heavy (non-hydrogen) atoms. The van der Waals surface area contributed by atoms with Crippen LogP contribution in [-0.4, -0.2) is 9.78 Å². The molecule has 3 N–H and O–H groups in total. The molecule has 0 aliphatic heterocycles. The van der Waals surface area contributed by atoms with Crippen molar-refractivity contribution in [3.8, 4) is 0 Å². The molecule has 0 saturated carbocycles. The van der Waals surface area contributed by atoms with Crippen molar-refractivity contribution in [1.82, 2.24) is 15.2 Å². The fourth-order valence-corrected chi connectivity index (χ4v) is 2.60. The number of aryl methyl sites for hydroxylation is 1.